The van der Waals surface area contributed by atoms with Gasteiger partial charge in [0.1, 0.15) is 0 Å². The molecular weight excluding hydrogens is 308 g/mol. The summed E-state index contributed by atoms with van der Waals surface area (Å²) in [6.45, 7) is 9.17. The molecule has 0 bridgehead atoms. The molecule has 1 fully saturated rings. The number of rotatable bonds is 4. The minimum Gasteiger partial charge on any atom is -0.453 e. The van der Waals surface area contributed by atoms with E-state index in [2.05, 4.69) is 4.90 Å². The second kappa shape index (κ2) is 7.85. The Morgan fingerprint density at radius 3 is 2.38 bits per heavy atom. The zero-order valence-electron chi connectivity index (χ0n) is 15.0. The van der Waals surface area contributed by atoms with Gasteiger partial charge in [0, 0.05) is 24.3 Å². The predicted molar refractivity (Wildman–Crippen MR) is 93.3 cm³/mol. The van der Waals surface area contributed by atoms with Crippen LogP contribution in [0.4, 0.5) is 10.5 Å². The SMILES string of the molecule is COC(=O)N(CC(O)c1ccc(N2CCOCC2)cc1)C(C)(C)C. The minimum atomic E-state index is -0.762. The molecule has 2 rings (SSSR count). The number of hydrogen-bond donors (Lipinski definition) is 1. The molecule has 1 aliphatic rings. The molecule has 1 aromatic carbocycles. The molecule has 1 amide bonds. The number of ether oxygens (including phenoxy) is 2. The summed E-state index contributed by atoms with van der Waals surface area (Å²) in [7, 11) is 1.35. The average molecular weight is 336 g/mol. The summed E-state index contributed by atoms with van der Waals surface area (Å²) in [5.74, 6) is 0. The Morgan fingerprint density at radius 2 is 1.88 bits per heavy atom. The first-order valence-electron chi connectivity index (χ1n) is 8.29. The van der Waals surface area contributed by atoms with Gasteiger partial charge in [-0.1, -0.05) is 12.1 Å². The van der Waals surface area contributed by atoms with E-state index >= 15 is 0 Å². The lowest BCUT2D eigenvalue weighted by Crippen LogP contribution is -2.47. The highest BCUT2D eigenvalue weighted by atomic mass is 16.5. The van der Waals surface area contributed by atoms with Gasteiger partial charge in [0.05, 0.1) is 33.0 Å². The summed E-state index contributed by atoms with van der Waals surface area (Å²) in [5.41, 5.74) is 1.47. The second-order valence-electron chi connectivity index (χ2n) is 6.96. The number of aliphatic hydroxyl groups is 1. The first-order valence-corrected chi connectivity index (χ1v) is 8.29. The van der Waals surface area contributed by atoms with Crippen LogP contribution in [0.3, 0.4) is 0 Å². The van der Waals surface area contributed by atoms with Crippen molar-refractivity contribution in [2.45, 2.75) is 32.4 Å². The maximum absolute atomic E-state index is 12.0. The molecule has 24 heavy (non-hydrogen) atoms. The molecule has 0 aliphatic carbocycles. The summed E-state index contributed by atoms with van der Waals surface area (Å²) >= 11 is 0. The first-order chi connectivity index (χ1) is 11.3. The van der Waals surface area contributed by atoms with Gasteiger partial charge in [-0.05, 0) is 38.5 Å². The third kappa shape index (κ3) is 4.61. The largest absolute Gasteiger partial charge is 0.453 e. The van der Waals surface area contributed by atoms with Crippen LogP contribution in [0.5, 0.6) is 0 Å². The molecule has 0 saturated carbocycles. The van der Waals surface area contributed by atoms with Crippen LogP contribution in [0.1, 0.15) is 32.4 Å². The van der Waals surface area contributed by atoms with Gasteiger partial charge in [-0.25, -0.2) is 4.79 Å². The smallest absolute Gasteiger partial charge is 0.410 e. The van der Waals surface area contributed by atoms with Crippen LogP contribution in [-0.4, -0.2) is 61.6 Å². The van der Waals surface area contributed by atoms with Crippen molar-refractivity contribution >= 4 is 11.8 Å². The molecule has 1 atom stereocenters. The minimum absolute atomic E-state index is 0.188. The monoisotopic (exact) mass is 336 g/mol. The Balaban J connectivity index is 2.05. The average Bonchev–Trinajstić information content (AvgIpc) is 2.58. The maximum atomic E-state index is 12.0. The molecule has 134 valence electrons. The van der Waals surface area contributed by atoms with Gasteiger partial charge in [-0.2, -0.15) is 0 Å². The lowest BCUT2D eigenvalue weighted by Gasteiger charge is -2.35. The fourth-order valence-corrected chi connectivity index (χ4v) is 2.74. The summed E-state index contributed by atoms with van der Waals surface area (Å²) in [5, 5.41) is 10.5. The van der Waals surface area contributed by atoms with Gasteiger partial charge >= 0.3 is 6.09 Å². The summed E-state index contributed by atoms with van der Waals surface area (Å²) in [6.07, 6.45) is -1.20. The first kappa shape index (κ1) is 18.5. The molecule has 1 aliphatic heterocycles. The van der Waals surface area contributed by atoms with E-state index in [4.69, 9.17) is 9.47 Å². The van der Waals surface area contributed by atoms with Gasteiger partial charge in [-0.3, -0.25) is 0 Å². The number of methoxy groups -OCH3 is 1. The van der Waals surface area contributed by atoms with E-state index < -0.39 is 17.7 Å². The Kier molecular flexibility index (Phi) is 6.07. The van der Waals surface area contributed by atoms with Gasteiger partial charge in [0.15, 0.2) is 0 Å². The third-order valence-corrected chi connectivity index (χ3v) is 4.21. The number of carbonyl (C=O) groups is 1. The van der Waals surface area contributed by atoms with Gasteiger partial charge < -0.3 is 24.4 Å². The fraction of sp³-hybridized carbons (Fsp3) is 0.611. The Labute approximate surface area is 144 Å². The van der Waals surface area contributed by atoms with Gasteiger partial charge in [-0.15, -0.1) is 0 Å². The van der Waals surface area contributed by atoms with Crippen molar-refractivity contribution in [1.29, 1.82) is 0 Å². The van der Waals surface area contributed by atoms with Crippen molar-refractivity contribution in [3.8, 4) is 0 Å². The number of nitrogens with zero attached hydrogens (tertiary/aromatic N) is 2. The molecule has 0 radical (unpaired) electrons. The molecule has 0 spiro atoms. The topological polar surface area (TPSA) is 62.2 Å². The van der Waals surface area contributed by atoms with E-state index in [0.717, 1.165) is 37.6 Å². The highest BCUT2D eigenvalue weighted by Gasteiger charge is 2.29. The standard InChI is InChI=1S/C18H28N2O4/c1-18(2,3)20(17(22)23-4)13-16(21)14-5-7-15(8-6-14)19-9-11-24-12-10-19/h5-8,16,21H,9-13H2,1-4H3. The molecule has 6 heteroatoms. The van der Waals surface area contributed by atoms with Crippen LogP contribution in [0, 0.1) is 0 Å². The number of benzene rings is 1. The van der Waals surface area contributed by atoms with Crippen LogP contribution >= 0.6 is 0 Å². The number of aliphatic hydroxyl groups excluding tert-OH is 1. The Hall–Kier alpha value is -1.79. The lowest BCUT2D eigenvalue weighted by molar-refractivity contribution is 0.0461. The molecule has 1 aromatic rings. The van der Waals surface area contributed by atoms with Crippen molar-refractivity contribution < 1.29 is 19.4 Å². The molecule has 1 unspecified atom stereocenters. The number of β-amino-alcohol motifs (C(OH)–C–C–N with tert-alkyl or cyclic N) is 1. The molecule has 1 heterocycles. The third-order valence-electron chi connectivity index (χ3n) is 4.21. The molecule has 1 saturated heterocycles. The Bertz CT molecular complexity index is 533. The highest BCUT2D eigenvalue weighted by Crippen LogP contribution is 2.24. The van der Waals surface area contributed by atoms with E-state index in [1.165, 1.54) is 12.0 Å². The maximum Gasteiger partial charge on any atom is 0.410 e. The van der Waals surface area contributed by atoms with E-state index in [0.29, 0.717) is 0 Å². The quantitative estimate of drug-likeness (QED) is 0.915. The molecule has 1 N–H and O–H groups in total. The van der Waals surface area contributed by atoms with E-state index in [1.54, 1.807) is 0 Å². The van der Waals surface area contributed by atoms with Crippen molar-refractivity contribution in [2.24, 2.45) is 0 Å². The van der Waals surface area contributed by atoms with Crippen LogP contribution in [0.15, 0.2) is 24.3 Å². The van der Waals surface area contributed by atoms with Crippen LogP contribution in [0.2, 0.25) is 0 Å². The number of hydrogen-bond acceptors (Lipinski definition) is 5. The Morgan fingerprint density at radius 1 is 1.29 bits per heavy atom. The van der Waals surface area contributed by atoms with Crippen LogP contribution < -0.4 is 4.90 Å². The van der Waals surface area contributed by atoms with Gasteiger partial charge in [0.25, 0.3) is 0 Å². The normalized spacial score (nSPS) is 16.6. The zero-order valence-corrected chi connectivity index (χ0v) is 15.0. The summed E-state index contributed by atoms with van der Waals surface area (Å²) in [4.78, 5) is 15.8. The van der Waals surface area contributed by atoms with Crippen molar-refractivity contribution in [3.05, 3.63) is 29.8 Å². The summed E-state index contributed by atoms with van der Waals surface area (Å²) < 4.78 is 10.2. The van der Waals surface area contributed by atoms with E-state index in [1.807, 2.05) is 45.0 Å². The number of anilines is 1. The zero-order chi connectivity index (χ0) is 17.7. The highest BCUT2D eigenvalue weighted by molar-refractivity contribution is 5.68. The summed E-state index contributed by atoms with van der Waals surface area (Å²) in [6, 6.07) is 7.83. The predicted octanol–water partition coefficient (Wildman–Crippen LogP) is 2.42. The molecule has 6 nitrogen and oxygen atoms in total. The number of amides is 1. The van der Waals surface area contributed by atoms with E-state index in [-0.39, 0.29) is 6.54 Å². The molecular formula is C18H28N2O4. The van der Waals surface area contributed by atoms with Crippen molar-refractivity contribution in [2.75, 3.05) is 44.9 Å². The number of carbonyl (C=O) groups excluding carboxylic acids is 1. The van der Waals surface area contributed by atoms with Crippen LogP contribution in [0.25, 0.3) is 0 Å². The van der Waals surface area contributed by atoms with E-state index in [9.17, 15) is 9.90 Å². The molecule has 0 aromatic heterocycles. The van der Waals surface area contributed by atoms with Crippen LogP contribution in [-0.2, 0) is 9.47 Å². The van der Waals surface area contributed by atoms with Gasteiger partial charge in [0.2, 0.25) is 0 Å². The fourth-order valence-electron chi connectivity index (χ4n) is 2.74. The van der Waals surface area contributed by atoms with Crippen molar-refractivity contribution in [1.82, 2.24) is 4.90 Å². The second-order valence-corrected chi connectivity index (χ2v) is 6.96. The lowest BCUT2D eigenvalue weighted by atomic mass is 10.0. The number of morpholine rings is 1. The van der Waals surface area contributed by atoms with Crippen molar-refractivity contribution in [3.63, 3.8) is 0 Å².